The fourth-order valence-corrected chi connectivity index (χ4v) is 6.88. The summed E-state index contributed by atoms with van der Waals surface area (Å²) in [6, 6.07) is 22.0. The van der Waals surface area contributed by atoms with Crippen LogP contribution in [0.25, 0.3) is 6.08 Å². The quantitative estimate of drug-likeness (QED) is 0.221. The number of fused-ring (bicyclic) bond motifs is 5. The van der Waals surface area contributed by atoms with Gasteiger partial charge < -0.3 is 4.90 Å². The van der Waals surface area contributed by atoms with Gasteiger partial charge in [0, 0.05) is 33.9 Å². The molecule has 0 bridgehead atoms. The minimum Gasteiger partial charge on any atom is -0.352 e. The lowest BCUT2D eigenvalue weighted by Crippen LogP contribution is -2.48. The molecule has 3 unspecified atom stereocenters. The van der Waals surface area contributed by atoms with Crippen LogP contribution in [0.4, 0.5) is 14.5 Å². The van der Waals surface area contributed by atoms with Gasteiger partial charge in [-0.2, -0.15) is 0 Å². The van der Waals surface area contributed by atoms with E-state index in [0.29, 0.717) is 33.5 Å². The monoisotopic (exact) mass is 531 g/mol. The van der Waals surface area contributed by atoms with Crippen molar-refractivity contribution in [3.63, 3.8) is 0 Å². The second-order valence-corrected chi connectivity index (χ2v) is 10.7. The fourth-order valence-electron chi connectivity index (χ4n) is 6.88. The maximum Gasteiger partial charge on any atom is 0.185 e. The average molecular weight is 532 g/mol. The summed E-state index contributed by atoms with van der Waals surface area (Å²) in [5.74, 6) is -2.87. The normalized spacial score (nSPS) is 21.9. The van der Waals surface area contributed by atoms with Crippen molar-refractivity contribution >= 4 is 29.1 Å². The number of aryl methyl sites for hydroxylation is 1. The number of rotatable bonds is 3. The number of halogens is 2. The largest absolute Gasteiger partial charge is 0.352 e. The minimum absolute atomic E-state index is 0.279. The second kappa shape index (κ2) is 8.65. The van der Waals surface area contributed by atoms with Gasteiger partial charge in [0.2, 0.25) is 0 Å². The third kappa shape index (κ3) is 3.19. The van der Waals surface area contributed by atoms with Gasteiger partial charge in [-0.15, -0.1) is 0 Å². The predicted octanol–water partition coefficient (Wildman–Crippen LogP) is 6.59. The summed E-state index contributed by atoms with van der Waals surface area (Å²) in [7, 11) is 0. The first-order valence-corrected chi connectivity index (χ1v) is 13.1. The Balaban J connectivity index is 1.54. The molecule has 6 heteroatoms. The number of hydrogen-bond donors (Lipinski definition) is 0. The molecule has 2 heterocycles. The van der Waals surface area contributed by atoms with Crippen molar-refractivity contribution in [2.24, 2.45) is 5.41 Å². The van der Waals surface area contributed by atoms with Gasteiger partial charge in [0.05, 0.1) is 6.04 Å². The summed E-state index contributed by atoms with van der Waals surface area (Å²) in [6.07, 6.45) is 3.45. The Hall–Kier alpha value is -4.71. The maximum absolute atomic E-state index is 14.5. The van der Waals surface area contributed by atoms with Crippen LogP contribution in [0, 0.1) is 24.0 Å². The zero-order valence-corrected chi connectivity index (χ0v) is 21.5. The zero-order valence-electron chi connectivity index (χ0n) is 21.5. The van der Waals surface area contributed by atoms with E-state index in [1.54, 1.807) is 66.7 Å². The average Bonchev–Trinajstić information content (AvgIpc) is 3.39. The Labute approximate surface area is 229 Å². The van der Waals surface area contributed by atoms with Crippen LogP contribution in [-0.2, 0) is 0 Å². The van der Waals surface area contributed by atoms with Crippen LogP contribution in [0.3, 0.4) is 0 Å². The van der Waals surface area contributed by atoms with E-state index in [2.05, 4.69) is 0 Å². The van der Waals surface area contributed by atoms with Crippen LogP contribution < -0.4 is 4.90 Å². The molecule has 196 valence electrons. The van der Waals surface area contributed by atoms with Gasteiger partial charge in [-0.1, -0.05) is 78.4 Å². The second-order valence-electron chi connectivity index (χ2n) is 10.7. The third-order valence-corrected chi connectivity index (χ3v) is 8.60. The standard InChI is InChI=1S/C34H23F2NO3/c1-19-6-8-21(9-7-19)31(38)30-29(20-10-13-23(35)14-11-20)34(32(39)25-4-2-3-5-26(25)33(34)40)28-17-12-22-18-24(36)15-16-27(22)37(28)30/h2-18,28-30H,1H3. The topological polar surface area (TPSA) is 54.5 Å². The highest BCUT2D eigenvalue weighted by atomic mass is 19.1. The van der Waals surface area contributed by atoms with Gasteiger partial charge in [-0.05, 0) is 42.8 Å². The zero-order chi connectivity index (χ0) is 27.8. The highest BCUT2D eigenvalue weighted by Crippen LogP contribution is 2.61. The van der Waals surface area contributed by atoms with E-state index >= 15 is 0 Å². The lowest BCUT2D eigenvalue weighted by Gasteiger charge is -2.37. The molecular weight excluding hydrogens is 508 g/mol. The van der Waals surface area contributed by atoms with Gasteiger partial charge in [-0.3, -0.25) is 14.4 Å². The summed E-state index contributed by atoms with van der Waals surface area (Å²) in [6.45, 7) is 1.92. The molecule has 1 spiro atoms. The molecule has 4 nitrogen and oxygen atoms in total. The van der Waals surface area contributed by atoms with Crippen molar-refractivity contribution in [1.82, 2.24) is 0 Å². The van der Waals surface area contributed by atoms with Gasteiger partial charge in [0.15, 0.2) is 17.3 Å². The molecule has 4 aromatic carbocycles. The van der Waals surface area contributed by atoms with Crippen molar-refractivity contribution in [2.45, 2.75) is 24.9 Å². The smallest absolute Gasteiger partial charge is 0.185 e. The summed E-state index contributed by atoms with van der Waals surface area (Å²) in [4.78, 5) is 45.4. The molecule has 0 radical (unpaired) electrons. The molecule has 3 atom stereocenters. The Morgan fingerprint density at radius 2 is 1.43 bits per heavy atom. The minimum atomic E-state index is -1.69. The molecule has 0 saturated carbocycles. The van der Waals surface area contributed by atoms with Crippen LogP contribution in [0.5, 0.6) is 0 Å². The predicted molar refractivity (Wildman–Crippen MR) is 148 cm³/mol. The van der Waals surface area contributed by atoms with Crippen molar-refractivity contribution in [1.29, 1.82) is 0 Å². The lowest BCUT2D eigenvalue weighted by atomic mass is 9.64. The SMILES string of the molecule is Cc1ccc(C(=O)C2C(c3ccc(F)cc3)C3(C(=O)c4ccccc4C3=O)C3C=Cc4cc(F)ccc4N23)cc1. The van der Waals surface area contributed by atoms with Crippen LogP contribution >= 0.6 is 0 Å². The number of benzene rings is 4. The summed E-state index contributed by atoms with van der Waals surface area (Å²) < 4.78 is 28.5. The molecular formula is C34H23F2NO3. The van der Waals surface area contributed by atoms with E-state index in [0.717, 1.165) is 5.56 Å². The Morgan fingerprint density at radius 1 is 0.800 bits per heavy atom. The highest BCUT2D eigenvalue weighted by molar-refractivity contribution is 6.32. The van der Waals surface area contributed by atoms with Crippen LogP contribution in [-0.4, -0.2) is 29.4 Å². The van der Waals surface area contributed by atoms with Gasteiger partial charge in [0.1, 0.15) is 23.1 Å². The number of anilines is 1. The van der Waals surface area contributed by atoms with Crippen molar-refractivity contribution in [2.75, 3.05) is 4.90 Å². The summed E-state index contributed by atoms with van der Waals surface area (Å²) in [5, 5.41) is 0. The van der Waals surface area contributed by atoms with Gasteiger partial charge in [0.25, 0.3) is 0 Å². The lowest BCUT2D eigenvalue weighted by molar-refractivity contribution is 0.0666. The van der Waals surface area contributed by atoms with E-state index in [4.69, 9.17) is 0 Å². The molecule has 3 aliphatic rings. The Kier molecular flexibility index (Phi) is 5.26. The molecule has 2 aliphatic heterocycles. The van der Waals surface area contributed by atoms with Crippen molar-refractivity contribution in [3.8, 4) is 0 Å². The first-order chi connectivity index (χ1) is 19.3. The number of hydrogen-bond acceptors (Lipinski definition) is 4. The highest BCUT2D eigenvalue weighted by Gasteiger charge is 2.71. The molecule has 0 amide bonds. The maximum atomic E-state index is 14.5. The van der Waals surface area contributed by atoms with E-state index in [1.165, 1.54) is 24.3 Å². The van der Waals surface area contributed by atoms with Crippen molar-refractivity contribution in [3.05, 3.63) is 142 Å². The number of nitrogens with zero attached hydrogens (tertiary/aromatic N) is 1. The molecule has 1 saturated heterocycles. The number of carbonyl (C=O) groups excluding carboxylic acids is 3. The van der Waals surface area contributed by atoms with Gasteiger partial charge >= 0.3 is 0 Å². The van der Waals surface area contributed by atoms with E-state index in [1.807, 2.05) is 24.0 Å². The summed E-state index contributed by atoms with van der Waals surface area (Å²) >= 11 is 0. The molecule has 1 aliphatic carbocycles. The molecule has 1 fully saturated rings. The number of carbonyl (C=O) groups is 3. The third-order valence-electron chi connectivity index (χ3n) is 8.60. The van der Waals surface area contributed by atoms with E-state index in [9.17, 15) is 23.2 Å². The number of Topliss-reactive ketones (excluding diaryl/α,β-unsaturated/α-hetero) is 3. The first kappa shape index (κ1) is 24.3. The van der Waals surface area contributed by atoms with Crippen LogP contribution in [0.1, 0.15) is 53.7 Å². The molecule has 4 aromatic rings. The van der Waals surface area contributed by atoms with E-state index < -0.39 is 35.1 Å². The molecule has 0 aromatic heterocycles. The Bertz CT molecular complexity index is 1720. The van der Waals surface area contributed by atoms with Crippen LogP contribution in [0.15, 0.2) is 97.1 Å². The summed E-state index contributed by atoms with van der Waals surface area (Å²) in [5.41, 5.74) is 1.94. The van der Waals surface area contributed by atoms with Crippen LogP contribution in [0.2, 0.25) is 0 Å². The molecule has 7 rings (SSSR count). The Morgan fingerprint density at radius 3 is 2.08 bits per heavy atom. The molecule has 40 heavy (non-hydrogen) atoms. The van der Waals surface area contributed by atoms with E-state index in [-0.39, 0.29) is 17.3 Å². The fraction of sp³-hybridized carbons (Fsp3) is 0.147. The van der Waals surface area contributed by atoms with Crippen molar-refractivity contribution < 1.29 is 23.2 Å². The molecule has 0 N–H and O–H groups in total. The van der Waals surface area contributed by atoms with Gasteiger partial charge in [-0.25, -0.2) is 8.78 Å². The first-order valence-electron chi connectivity index (χ1n) is 13.1. The number of ketones is 3.